The Morgan fingerprint density at radius 3 is 2.62 bits per heavy atom. The van der Waals surface area contributed by atoms with Crippen molar-refractivity contribution in [2.24, 2.45) is 0 Å². The summed E-state index contributed by atoms with van der Waals surface area (Å²) in [6.45, 7) is 0. The lowest BCUT2D eigenvalue weighted by atomic mass is 10.4. The molecule has 0 amide bonds. The van der Waals surface area contributed by atoms with Gasteiger partial charge in [-0.3, -0.25) is 4.79 Å². The molecular formula is C9H9FO2S. The van der Waals surface area contributed by atoms with Crippen LogP contribution in [0.5, 0.6) is 0 Å². The Morgan fingerprint density at radius 1 is 1.46 bits per heavy atom. The summed E-state index contributed by atoms with van der Waals surface area (Å²) in [7, 11) is 1.34. The molecule has 4 heteroatoms. The van der Waals surface area contributed by atoms with Crippen molar-refractivity contribution in [1.29, 1.82) is 0 Å². The van der Waals surface area contributed by atoms with Gasteiger partial charge in [0.2, 0.25) is 0 Å². The van der Waals surface area contributed by atoms with Crippen molar-refractivity contribution in [2.45, 2.75) is 4.90 Å². The van der Waals surface area contributed by atoms with Crippen molar-refractivity contribution < 1.29 is 13.9 Å². The first-order valence-corrected chi connectivity index (χ1v) is 4.66. The maximum absolute atomic E-state index is 12.5. The molecule has 0 saturated carbocycles. The van der Waals surface area contributed by atoms with Crippen LogP contribution in [0.15, 0.2) is 29.2 Å². The van der Waals surface area contributed by atoms with Gasteiger partial charge in [-0.2, -0.15) is 0 Å². The summed E-state index contributed by atoms with van der Waals surface area (Å²) >= 11 is 1.32. The zero-order valence-corrected chi connectivity index (χ0v) is 7.94. The summed E-state index contributed by atoms with van der Waals surface area (Å²) < 4.78 is 16.9. The SMILES string of the molecule is COC(=O)CSc1ccc(F)cc1. The van der Waals surface area contributed by atoms with Crippen LogP contribution in [0.4, 0.5) is 4.39 Å². The molecule has 0 fully saturated rings. The first-order chi connectivity index (χ1) is 6.22. The predicted octanol–water partition coefficient (Wildman–Crippen LogP) is 2.09. The standard InChI is InChI=1S/C9H9FO2S/c1-12-9(11)6-13-8-4-2-7(10)3-5-8/h2-5H,6H2,1H3. The first-order valence-electron chi connectivity index (χ1n) is 3.67. The lowest BCUT2D eigenvalue weighted by Gasteiger charge is -1.99. The molecule has 1 aromatic rings. The lowest BCUT2D eigenvalue weighted by molar-refractivity contribution is -0.137. The van der Waals surface area contributed by atoms with E-state index < -0.39 is 0 Å². The zero-order chi connectivity index (χ0) is 9.68. The number of hydrogen-bond donors (Lipinski definition) is 0. The minimum atomic E-state index is -0.283. The Labute approximate surface area is 80.1 Å². The molecule has 0 aromatic heterocycles. The van der Waals surface area contributed by atoms with E-state index in [0.717, 1.165) is 4.90 Å². The van der Waals surface area contributed by atoms with Crippen LogP contribution >= 0.6 is 11.8 Å². The zero-order valence-electron chi connectivity index (χ0n) is 7.12. The molecule has 13 heavy (non-hydrogen) atoms. The van der Waals surface area contributed by atoms with E-state index in [-0.39, 0.29) is 17.5 Å². The van der Waals surface area contributed by atoms with Gasteiger partial charge in [0, 0.05) is 4.90 Å². The number of benzene rings is 1. The second kappa shape index (κ2) is 4.87. The molecule has 0 aliphatic rings. The van der Waals surface area contributed by atoms with E-state index >= 15 is 0 Å². The number of thioether (sulfide) groups is 1. The van der Waals surface area contributed by atoms with E-state index in [2.05, 4.69) is 4.74 Å². The third-order valence-electron chi connectivity index (χ3n) is 1.40. The van der Waals surface area contributed by atoms with Crippen molar-refractivity contribution in [2.75, 3.05) is 12.9 Å². The van der Waals surface area contributed by atoms with Gasteiger partial charge in [-0.05, 0) is 24.3 Å². The van der Waals surface area contributed by atoms with Crippen LogP contribution in [0, 0.1) is 5.82 Å². The average molecular weight is 200 g/mol. The maximum Gasteiger partial charge on any atom is 0.315 e. The molecule has 1 aromatic carbocycles. The number of carbonyl (C=O) groups is 1. The number of carbonyl (C=O) groups excluding carboxylic acids is 1. The van der Waals surface area contributed by atoms with Crippen LogP contribution in [-0.4, -0.2) is 18.8 Å². The van der Waals surface area contributed by atoms with Gasteiger partial charge in [0.1, 0.15) is 5.82 Å². The van der Waals surface area contributed by atoms with Gasteiger partial charge < -0.3 is 4.74 Å². The molecule has 0 radical (unpaired) electrons. The predicted molar refractivity (Wildman–Crippen MR) is 49.1 cm³/mol. The minimum Gasteiger partial charge on any atom is -0.468 e. The van der Waals surface area contributed by atoms with E-state index in [9.17, 15) is 9.18 Å². The van der Waals surface area contributed by atoms with Gasteiger partial charge in [0.15, 0.2) is 0 Å². The number of rotatable bonds is 3. The summed E-state index contributed by atoms with van der Waals surface area (Å²) in [6.07, 6.45) is 0. The number of hydrogen-bond acceptors (Lipinski definition) is 3. The molecule has 0 heterocycles. The fraction of sp³-hybridized carbons (Fsp3) is 0.222. The second-order valence-electron chi connectivity index (χ2n) is 2.32. The summed E-state index contributed by atoms with van der Waals surface area (Å²) in [5.74, 6) is -0.306. The Morgan fingerprint density at radius 2 is 2.08 bits per heavy atom. The van der Waals surface area contributed by atoms with E-state index in [4.69, 9.17) is 0 Å². The average Bonchev–Trinajstić information content (AvgIpc) is 2.16. The lowest BCUT2D eigenvalue weighted by Crippen LogP contribution is -2.02. The van der Waals surface area contributed by atoms with E-state index in [0.29, 0.717) is 0 Å². The van der Waals surface area contributed by atoms with Gasteiger partial charge in [-0.1, -0.05) is 0 Å². The molecule has 70 valence electrons. The topological polar surface area (TPSA) is 26.3 Å². The summed E-state index contributed by atoms with van der Waals surface area (Å²) in [5, 5.41) is 0. The smallest absolute Gasteiger partial charge is 0.315 e. The second-order valence-corrected chi connectivity index (χ2v) is 3.37. The Balaban J connectivity index is 2.46. The van der Waals surface area contributed by atoms with Crippen molar-refractivity contribution in [3.8, 4) is 0 Å². The molecule has 0 atom stereocenters. The largest absolute Gasteiger partial charge is 0.468 e. The fourth-order valence-electron chi connectivity index (χ4n) is 0.732. The van der Waals surface area contributed by atoms with Gasteiger partial charge in [0.05, 0.1) is 12.9 Å². The molecule has 0 saturated heterocycles. The third-order valence-corrected chi connectivity index (χ3v) is 2.38. The fourth-order valence-corrected chi connectivity index (χ4v) is 1.46. The highest BCUT2D eigenvalue weighted by molar-refractivity contribution is 8.00. The van der Waals surface area contributed by atoms with Crippen LogP contribution in [0.2, 0.25) is 0 Å². The number of halogens is 1. The molecule has 0 bridgehead atoms. The minimum absolute atomic E-state index is 0.252. The molecule has 0 spiro atoms. The molecule has 0 N–H and O–H groups in total. The Hall–Kier alpha value is -1.03. The van der Waals surface area contributed by atoms with Gasteiger partial charge in [-0.25, -0.2) is 4.39 Å². The van der Waals surface area contributed by atoms with Crippen LogP contribution in [0.25, 0.3) is 0 Å². The number of ether oxygens (including phenoxy) is 1. The monoisotopic (exact) mass is 200 g/mol. The highest BCUT2D eigenvalue weighted by atomic mass is 32.2. The Kier molecular flexibility index (Phi) is 3.76. The molecule has 2 nitrogen and oxygen atoms in total. The quantitative estimate of drug-likeness (QED) is 0.552. The molecule has 0 aliphatic carbocycles. The molecule has 0 unspecified atom stereocenters. The van der Waals surface area contributed by atoms with Crippen molar-refractivity contribution in [3.05, 3.63) is 30.1 Å². The van der Waals surface area contributed by atoms with Gasteiger partial charge in [-0.15, -0.1) is 11.8 Å². The first kappa shape index (κ1) is 10.1. The normalized spacial score (nSPS) is 9.69. The van der Waals surface area contributed by atoms with Gasteiger partial charge >= 0.3 is 5.97 Å². The van der Waals surface area contributed by atoms with Crippen LogP contribution in [0.1, 0.15) is 0 Å². The van der Waals surface area contributed by atoms with E-state index in [1.807, 2.05) is 0 Å². The highest BCUT2D eigenvalue weighted by Gasteiger charge is 2.01. The van der Waals surface area contributed by atoms with Crippen LogP contribution in [-0.2, 0) is 9.53 Å². The Bertz CT molecular complexity index is 284. The summed E-state index contributed by atoms with van der Waals surface area (Å²) in [4.78, 5) is 11.6. The highest BCUT2D eigenvalue weighted by Crippen LogP contribution is 2.17. The van der Waals surface area contributed by atoms with E-state index in [1.165, 1.54) is 31.0 Å². The number of esters is 1. The summed E-state index contributed by atoms with van der Waals surface area (Å²) in [5.41, 5.74) is 0. The van der Waals surface area contributed by atoms with Gasteiger partial charge in [0.25, 0.3) is 0 Å². The molecule has 0 aliphatic heterocycles. The van der Waals surface area contributed by atoms with Crippen LogP contribution < -0.4 is 0 Å². The molecule has 1 rings (SSSR count). The number of methoxy groups -OCH3 is 1. The van der Waals surface area contributed by atoms with Crippen molar-refractivity contribution in [1.82, 2.24) is 0 Å². The van der Waals surface area contributed by atoms with Crippen LogP contribution in [0.3, 0.4) is 0 Å². The van der Waals surface area contributed by atoms with Crippen molar-refractivity contribution in [3.63, 3.8) is 0 Å². The van der Waals surface area contributed by atoms with Crippen molar-refractivity contribution >= 4 is 17.7 Å². The third kappa shape index (κ3) is 3.46. The molecular weight excluding hydrogens is 191 g/mol. The summed E-state index contributed by atoms with van der Waals surface area (Å²) in [6, 6.07) is 5.98. The maximum atomic E-state index is 12.5. The van der Waals surface area contributed by atoms with E-state index in [1.54, 1.807) is 12.1 Å².